The Morgan fingerprint density at radius 3 is 2.90 bits per heavy atom. The number of aryl methyl sites for hydroxylation is 1. The summed E-state index contributed by atoms with van der Waals surface area (Å²) in [5.41, 5.74) is 2.70. The van der Waals surface area contributed by atoms with E-state index in [9.17, 15) is 0 Å². The molecular formula is C17H24N2O. The van der Waals surface area contributed by atoms with E-state index in [2.05, 4.69) is 47.9 Å². The third kappa shape index (κ3) is 3.91. The molecule has 1 aromatic rings. The van der Waals surface area contributed by atoms with Gasteiger partial charge in [0.25, 0.3) is 0 Å². The van der Waals surface area contributed by atoms with Gasteiger partial charge in [-0.2, -0.15) is 0 Å². The molecule has 20 heavy (non-hydrogen) atoms. The van der Waals surface area contributed by atoms with Gasteiger partial charge in [0.1, 0.15) is 5.75 Å². The molecule has 0 fully saturated rings. The van der Waals surface area contributed by atoms with Crippen LogP contribution in [0.3, 0.4) is 0 Å². The van der Waals surface area contributed by atoms with Gasteiger partial charge in [0, 0.05) is 25.2 Å². The summed E-state index contributed by atoms with van der Waals surface area (Å²) < 4.78 is 5.30. The smallest absolute Gasteiger partial charge is 0.119 e. The van der Waals surface area contributed by atoms with Crippen LogP contribution in [0.2, 0.25) is 0 Å². The maximum Gasteiger partial charge on any atom is 0.119 e. The lowest BCUT2D eigenvalue weighted by Gasteiger charge is -2.29. The molecule has 0 spiro atoms. The highest BCUT2D eigenvalue weighted by atomic mass is 16.5. The molecule has 3 heteroatoms. The molecule has 2 rings (SSSR count). The topological polar surface area (TPSA) is 15.7 Å². The van der Waals surface area contributed by atoms with Crippen LogP contribution < -0.4 is 9.64 Å². The van der Waals surface area contributed by atoms with Crippen molar-refractivity contribution in [2.45, 2.75) is 19.3 Å². The Morgan fingerprint density at radius 1 is 1.30 bits per heavy atom. The summed E-state index contributed by atoms with van der Waals surface area (Å²) in [6.07, 6.45) is 3.27. The average molecular weight is 272 g/mol. The molecule has 1 heterocycles. The molecule has 0 atom stereocenters. The van der Waals surface area contributed by atoms with Gasteiger partial charge in [-0.05, 0) is 50.7 Å². The van der Waals surface area contributed by atoms with Crippen molar-refractivity contribution >= 4 is 5.69 Å². The summed E-state index contributed by atoms with van der Waals surface area (Å²) in [5.74, 6) is 7.50. The van der Waals surface area contributed by atoms with Crippen molar-refractivity contribution in [3.63, 3.8) is 0 Å². The molecular weight excluding hydrogens is 248 g/mol. The first-order chi connectivity index (χ1) is 9.70. The van der Waals surface area contributed by atoms with Crippen LogP contribution in [-0.2, 0) is 6.42 Å². The third-order valence-corrected chi connectivity index (χ3v) is 3.58. The minimum atomic E-state index is 0.826. The molecule has 0 saturated carbocycles. The first kappa shape index (κ1) is 14.7. The van der Waals surface area contributed by atoms with E-state index in [1.807, 2.05) is 6.07 Å². The fourth-order valence-corrected chi connectivity index (χ4v) is 2.46. The minimum absolute atomic E-state index is 0.826. The largest absolute Gasteiger partial charge is 0.497 e. The minimum Gasteiger partial charge on any atom is -0.497 e. The maximum atomic E-state index is 5.30. The third-order valence-electron chi connectivity index (χ3n) is 3.58. The number of rotatable bonds is 4. The van der Waals surface area contributed by atoms with Crippen LogP contribution in [-0.4, -0.2) is 45.7 Å². The Hall–Kier alpha value is -1.66. The summed E-state index contributed by atoms with van der Waals surface area (Å²) in [7, 11) is 5.88. The zero-order chi connectivity index (χ0) is 14.4. The molecule has 0 radical (unpaired) electrons. The van der Waals surface area contributed by atoms with E-state index in [0.717, 1.165) is 38.2 Å². The highest BCUT2D eigenvalue weighted by Gasteiger charge is 2.16. The molecule has 1 aliphatic rings. The summed E-state index contributed by atoms with van der Waals surface area (Å²) >= 11 is 0. The number of hydrogen-bond acceptors (Lipinski definition) is 3. The summed E-state index contributed by atoms with van der Waals surface area (Å²) in [6, 6.07) is 6.35. The highest BCUT2D eigenvalue weighted by Crippen LogP contribution is 2.29. The van der Waals surface area contributed by atoms with Crippen LogP contribution in [0.5, 0.6) is 5.75 Å². The van der Waals surface area contributed by atoms with Crippen molar-refractivity contribution in [1.82, 2.24) is 4.90 Å². The van der Waals surface area contributed by atoms with Gasteiger partial charge in [0.15, 0.2) is 0 Å². The van der Waals surface area contributed by atoms with E-state index < -0.39 is 0 Å². The van der Waals surface area contributed by atoms with E-state index in [1.165, 1.54) is 17.7 Å². The van der Waals surface area contributed by atoms with Crippen molar-refractivity contribution in [2.24, 2.45) is 0 Å². The normalized spacial score (nSPS) is 13.7. The van der Waals surface area contributed by atoms with E-state index >= 15 is 0 Å². The number of ether oxygens (including phenoxy) is 1. The van der Waals surface area contributed by atoms with Gasteiger partial charge in [0.2, 0.25) is 0 Å². The molecule has 108 valence electrons. The van der Waals surface area contributed by atoms with E-state index in [4.69, 9.17) is 4.74 Å². The molecule has 0 N–H and O–H groups in total. The Balaban J connectivity index is 1.98. The van der Waals surface area contributed by atoms with E-state index in [0.29, 0.717) is 0 Å². The predicted molar refractivity (Wildman–Crippen MR) is 84.5 cm³/mol. The second kappa shape index (κ2) is 7.21. The van der Waals surface area contributed by atoms with Crippen molar-refractivity contribution in [2.75, 3.05) is 45.7 Å². The number of nitrogens with zero attached hydrogens (tertiary/aromatic N) is 2. The number of anilines is 1. The summed E-state index contributed by atoms with van der Waals surface area (Å²) in [4.78, 5) is 4.54. The Kier molecular flexibility index (Phi) is 5.31. The van der Waals surface area contributed by atoms with Crippen molar-refractivity contribution in [1.29, 1.82) is 0 Å². The zero-order valence-electron chi connectivity index (χ0n) is 12.8. The lowest BCUT2D eigenvalue weighted by molar-refractivity contribution is 0.414. The van der Waals surface area contributed by atoms with E-state index in [1.54, 1.807) is 7.11 Å². The first-order valence-electron chi connectivity index (χ1n) is 7.23. The van der Waals surface area contributed by atoms with Gasteiger partial charge in [-0.25, -0.2) is 0 Å². The van der Waals surface area contributed by atoms with Gasteiger partial charge < -0.3 is 14.5 Å². The predicted octanol–water partition coefficient (Wildman–Crippen LogP) is 2.40. The van der Waals surface area contributed by atoms with Gasteiger partial charge >= 0.3 is 0 Å². The number of methoxy groups -OCH3 is 1. The lowest BCUT2D eigenvalue weighted by atomic mass is 10.0. The van der Waals surface area contributed by atoms with E-state index in [-0.39, 0.29) is 0 Å². The van der Waals surface area contributed by atoms with Crippen LogP contribution >= 0.6 is 0 Å². The van der Waals surface area contributed by atoms with Crippen molar-refractivity contribution in [3.05, 3.63) is 23.8 Å². The zero-order valence-corrected chi connectivity index (χ0v) is 12.8. The van der Waals surface area contributed by atoms with Crippen LogP contribution in [0.15, 0.2) is 18.2 Å². The monoisotopic (exact) mass is 272 g/mol. The molecule has 1 aromatic carbocycles. The second-order valence-corrected chi connectivity index (χ2v) is 5.43. The molecule has 0 amide bonds. The standard InChI is InChI=1S/C17H24N2O/c1-18(2)11-5-4-6-12-19-13-7-8-15-14-16(20-3)9-10-17(15)19/h9-10,14H,5,7-8,11-13H2,1-3H3. The lowest BCUT2D eigenvalue weighted by Crippen LogP contribution is -2.29. The number of hydrogen-bond donors (Lipinski definition) is 0. The molecule has 0 bridgehead atoms. The van der Waals surface area contributed by atoms with Gasteiger partial charge in [-0.1, -0.05) is 5.92 Å². The summed E-state index contributed by atoms with van der Waals surface area (Å²) in [5, 5.41) is 0. The molecule has 1 aliphatic heterocycles. The second-order valence-electron chi connectivity index (χ2n) is 5.43. The Labute approximate surface area is 122 Å². The van der Waals surface area contributed by atoms with Crippen molar-refractivity contribution in [3.8, 4) is 17.6 Å². The molecule has 0 saturated heterocycles. The van der Waals surface area contributed by atoms with Crippen LogP contribution in [0.4, 0.5) is 5.69 Å². The molecule has 3 nitrogen and oxygen atoms in total. The van der Waals surface area contributed by atoms with Crippen LogP contribution in [0.1, 0.15) is 18.4 Å². The maximum absolute atomic E-state index is 5.30. The highest BCUT2D eigenvalue weighted by molar-refractivity contribution is 5.58. The molecule has 0 aliphatic carbocycles. The van der Waals surface area contributed by atoms with Gasteiger partial charge in [-0.3, -0.25) is 0 Å². The average Bonchev–Trinajstić information content (AvgIpc) is 2.46. The molecule has 0 aromatic heterocycles. The first-order valence-corrected chi connectivity index (χ1v) is 7.23. The summed E-state index contributed by atoms with van der Waals surface area (Å²) in [6.45, 7) is 2.95. The molecule has 0 unspecified atom stereocenters. The number of fused-ring (bicyclic) bond motifs is 1. The van der Waals surface area contributed by atoms with Crippen LogP contribution in [0.25, 0.3) is 0 Å². The van der Waals surface area contributed by atoms with Crippen molar-refractivity contribution < 1.29 is 4.74 Å². The fraction of sp³-hybridized carbons (Fsp3) is 0.529. The SMILES string of the molecule is COc1ccc2c(c1)CCCN2CC#CCCN(C)C. The number of benzene rings is 1. The quantitative estimate of drug-likeness (QED) is 0.783. The fourth-order valence-electron chi connectivity index (χ4n) is 2.46. The van der Waals surface area contributed by atoms with Crippen LogP contribution in [0, 0.1) is 11.8 Å². The Morgan fingerprint density at radius 2 is 2.15 bits per heavy atom. The van der Waals surface area contributed by atoms with Gasteiger partial charge in [-0.15, -0.1) is 5.92 Å². The van der Waals surface area contributed by atoms with Gasteiger partial charge in [0.05, 0.1) is 13.7 Å². The Bertz CT molecular complexity index is 499.